The highest BCUT2D eigenvalue weighted by Crippen LogP contribution is 2.30. The van der Waals surface area contributed by atoms with Crippen LogP contribution in [0, 0.1) is 0 Å². The van der Waals surface area contributed by atoms with Crippen molar-refractivity contribution in [1.29, 1.82) is 0 Å². The highest BCUT2D eigenvalue weighted by molar-refractivity contribution is 5.79. The third-order valence-electron chi connectivity index (χ3n) is 5.97. The smallest absolute Gasteiger partial charge is 0.226 e. The molecule has 0 bridgehead atoms. The molecule has 1 saturated heterocycles. The highest BCUT2D eigenvalue weighted by Gasteiger charge is 2.28. The number of benzene rings is 1. The quantitative estimate of drug-likeness (QED) is 0.856. The van der Waals surface area contributed by atoms with Gasteiger partial charge in [-0.1, -0.05) is 24.6 Å². The van der Waals surface area contributed by atoms with Gasteiger partial charge in [-0.15, -0.1) is 0 Å². The summed E-state index contributed by atoms with van der Waals surface area (Å²) in [6.07, 6.45) is 9.54. The fraction of sp³-hybridized carbons (Fsp3) is 0.650. The lowest BCUT2D eigenvalue weighted by atomic mass is 9.88. The minimum Gasteiger partial charge on any atom is -0.342 e. The molecule has 1 aliphatic carbocycles. The van der Waals surface area contributed by atoms with Gasteiger partial charge in [-0.2, -0.15) is 0 Å². The molecule has 124 valence electrons. The van der Waals surface area contributed by atoms with Gasteiger partial charge < -0.3 is 4.90 Å². The predicted octanol–water partition coefficient (Wildman–Crippen LogP) is 3.15. The van der Waals surface area contributed by atoms with Crippen LogP contribution in [0.1, 0.15) is 55.2 Å². The summed E-state index contributed by atoms with van der Waals surface area (Å²) in [5.41, 5.74) is 4.17. The van der Waals surface area contributed by atoms with E-state index in [2.05, 4.69) is 28.0 Å². The van der Waals surface area contributed by atoms with Crippen LogP contribution >= 0.6 is 0 Å². The molecule has 2 aliphatic heterocycles. The van der Waals surface area contributed by atoms with Crippen LogP contribution in [0.15, 0.2) is 18.2 Å². The van der Waals surface area contributed by atoms with Crippen molar-refractivity contribution in [2.75, 3.05) is 19.6 Å². The zero-order valence-electron chi connectivity index (χ0n) is 14.1. The molecule has 0 spiro atoms. The Bertz CT molecular complexity index is 573. The van der Waals surface area contributed by atoms with Crippen LogP contribution in [0.5, 0.6) is 0 Å². The van der Waals surface area contributed by atoms with E-state index in [1.807, 2.05) is 0 Å². The van der Waals surface area contributed by atoms with Gasteiger partial charge in [0, 0.05) is 32.2 Å². The Morgan fingerprint density at radius 3 is 2.57 bits per heavy atom. The number of carbonyl (C=O) groups is 1. The van der Waals surface area contributed by atoms with Crippen LogP contribution in [0.4, 0.5) is 0 Å². The van der Waals surface area contributed by atoms with E-state index in [-0.39, 0.29) is 0 Å². The zero-order chi connectivity index (χ0) is 15.6. The van der Waals surface area contributed by atoms with E-state index in [4.69, 9.17) is 0 Å². The van der Waals surface area contributed by atoms with Crippen LogP contribution in [-0.4, -0.2) is 41.4 Å². The minimum atomic E-state index is 0.316. The molecule has 1 amide bonds. The Kier molecular flexibility index (Phi) is 4.39. The topological polar surface area (TPSA) is 23.6 Å². The summed E-state index contributed by atoms with van der Waals surface area (Å²) < 4.78 is 0. The van der Waals surface area contributed by atoms with E-state index in [9.17, 15) is 4.79 Å². The van der Waals surface area contributed by atoms with Gasteiger partial charge in [0.15, 0.2) is 0 Å². The first-order valence-electron chi connectivity index (χ1n) is 9.42. The van der Waals surface area contributed by atoms with Gasteiger partial charge in [0.2, 0.25) is 5.91 Å². The van der Waals surface area contributed by atoms with Crippen LogP contribution in [0.3, 0.4) is 0 Å². The number of rotatable bonds is 3. The summed E-state index contributed by atoms with van der Waals surface area (Å²) in [5.74, 6) is 0.316. The van der Waals surface area contributed by atoms with Crippen molar-refractivity contribution in [2.45, 2.75) is 64.0 Å². The van der Waals surface area contributed by atoms with Crippen molar-refractivity contribution < 1.29 is 4.79 Å². The molecular formula is C20H28N2O. The second-order valence-electron chi connectivity index (χ2n) is 7.53. The number of likely N-dealkylation sites (tertiary alicyclic amines) is 1. The maximum atomic E-state index is 12.4. The molecule has 1 aromatic rings. The molecule has 3 nitrogen and oxygen atoms in total. The Morgan fingerprint density at radius 1 is 1.00 bits per heavy atom. The summed E-state index contributed by atoms with van der Waals surface area (Å²) in [6.45, 7) is 4.22. The normalized spacial score (nSPS) is 22.5. The molecule has 0 unspecified atom stereocenters. The number of piperidine rings is 1. The van der Waals surface area contributed by atoms with Crippen molar-refractivity contribution in [3.8, 4) is 0 Å². The second-order valence-corrected chi connectivity index (χ2v) is 7.53. The van der Waals surface area contributed by atoms with Crippen molar-refractivity contribution in [3.63, 3.8) is 0 Å². The first-order valence-corrected chi connectivity index (χ1v) is 9.42. The average Bonchev–Trinajstić information content (AvgIpc) is 2.54. The molecule has 1 saturated carbocycles. The SMILES string of the molecule is O=C(Cc1ccc2c(c1)CCN(C1CCC1)C2)N1CCCCC1. The Hall–Kier alpha value is -1.35. The molecule has 2 fully saturated rings. The van der Waals surface area contributed by atoms with Gasteiger partial charge in [0.1, 0.15) is 0 Å². The maximum absolute atomic E-state index is 12.4. The summed E-state index contributed by atoms with van der Waals surface area (Å²) >= 11 is 0. The van der Waals surface area contributed by atoms with E-state index in [1.165, 1.54) is 61.8 Å². The Morgan fingerprint density at radius 2 is 1.83 bits per heavy atom. The van der Waals surface area contributed by atoms with E-state index in [0.717, 1.165) is 32.1 Å². The highest BCUT2D eigenvalue weighted by atomic mass is 16.2. The van der Waals surface area contributed by atoms with Gasteiger partial charge in [0.05, 0.1) is 6.42 Å². The van der Waals surface area contributed by atoms with Gasteiger partial charge in [0.25, 0.3) is 0 Å². The summed E-state index contributed by atoms with van der Waals surface area (Å²) in [4.78, 5) is 17.2. The van der Waals surface area contributed by atoms with Gasteiger partial charge in [-0.05, 0) is 55.2 Å². The molecular weight excluding hydrogens is 284 g/mol. The molecule has 4 rings (SSSR count). The number of nitrogens with zero attached hydrogens (tertiary/aromatic N) is 2. The fourth-order valence-corrected chi connectivity index (χ4v) is 4.23. The Labute approximate surface area is 139 Å². The van der Waals surface area contributed by atoms with Crippen molar-refractivity contribution >= 4 is 5.91 Å². The lowest BCUT2D eigenvalue weighted by Crippen LogP contribution is -2.43. The van der Waals surface area contributed by atoms with Crippen molar-refractivity contribution in [3.05, 3.63) is 34.9 Å². The number of hydrogen-bond donors (Lipinski definition) is 0. The third kappa shape index (κ3) is 3.30. The standard InChI is InChI=1S/C20H28N2O/c23-20(21-10-2-1-3-11-21)14-16-7-8-18-15-22(19-5-4-6-19)12-9-17(18)13-16/h7-8,13,19H,1-6,9-12,14-15H2. The van der Waals surface area contributed by atoms with Gasteiger partial charge in [-0.3, -0.25) is 9.69 Å². The van der Waals surface area contributed by atoms with E-state index in [0.29, 0.717) is 12.3 Å². The van der Waals surface area contributed by atoms with E-state index in [1.54, 1.807) is 0 Å². The molecule has 1 aromatic carbocycles. The molecule has 0 N–H and O–H groups in total. The first-order chi connectivity index (χ1) is 11.3. The number of hydrogen-bond acceptors (Lipinski definition) is 2. The number of carbonyl (C=O) groups excluding carboxylic acids is 1. The molecule has 0 radical (unpaired) electrons. The molecule has 0 aromatic heterocycles. The van der Waals surface area contributed by atoms with Crippen LogP contribution in [0.2, 0.25) is 0 Å². The fourth-order valence-electron chi connectivity index (χ4n) is 4.23. The van der Waals surface area contributed by atoms with E-state index >= 15 is 0 Å². The first kappa shape index (κ1) is 15.2. The van der Waals surface area contributed by atoms with Crippen molar-refractivity contribution in [2.24, 2.45) is 0 Å². The van der Waals surface area contributed by atoms with Gasteiger partial charge >= 0.3 is 0 Å². The second kappa shape index (κ2) is 6.64. The lowest BCUT2D eigenvalue weighted by Gasteiger charge is -2.40. The van der Waals surface area contributed by atoms with Crippen LogP contribution < -0.4 is 0 Å². The van der Waals surface area contributed by atoms with Gasteiger partial charge in [-0.25, -0.2) is 0 Å². The molecule has 2 heterocycles. The Balaban J connectivity index is 1.40. The maximum Gasteiger partial charge on any atom is 0.226 e. The largest absolute Gasteiger partial charge is 0.342 e. The molecule has 23 heavy (non-hydrogen) atoms. The average molecular weight is 312 g/mol. The molecule has 3 aliphatic rings. The lowest BCUT2D eigenvalue weighted by molar-refractivity contribution is -0.131. The molecule has 3 heteroatoms. The summed E-state index contributed by atoms with van der Waals surface area (Å²) in [5, 5.41) is 0. The minimum absolute atomic E-state index is 0.316. The summed E-state index contributed by atoms with van der Waals surface area (Å²) in [6, 6.07) is 7.60. The predicted molar refractivity (Wildman–Crippen MR) is 92.3 cm³/mol. The van der Waals surface area contributed by atoms with Crippen LogP contribution in [0.25, 0.3) is 0 Å². The molecule has 0 atom stereocenters. The van der Waals surface area contributed by atoms with Crippen molar-refractivity contribution in [1.82, 2.24) is 9.80 Å². The monoisotopic (exact) mass is 312 g/mol. The third-order valence-corrected chi connectivity index (χ3v) is 5.97. The zero-order valence-corrected chi connectivity index (χ0v) is 14.1. The number of amides is 1. The summed E-state index contributed by atoms with van der Waals surface area (Å²) in [7, 11) is 0. The number of fused-ring (bicyclic) bond motifs is 1. The van der Waals surface area contributed by atoms with E-state index < -0.39 is 0 Å². The van der Waals surface area contributed by atoms with Crippen LogP contribution in [-0.2, 0) is 24.2 Å².